The molecule has 0 saturated carbocycles. The second kappa shape index (κ2) is 10.4. The van der Waals surface area contributed by atoms with E-state index in [1.807, 2.05) is 0 Å². The monoisotopic (exact) mass is 316 g/mol. The molecule has 0 radical (unpaired) electrons. The molecule has 0 aliphatic carbocycles. The zero-order valence-corrected chi connectivity index (χ0v) is 12.8. The van der Waals surface area contributed by atoms with E-state index >= 15 is 0 Å². The van der Waals surface area contributed by atoms with Gasteiger partial charge in [-0.05, 0) is 18.2 Å². The molecule has 0 spiro atoms. The van der Waals surface area contributed by atoms with Gasteiger partial charge in [0.05, 0.1) is 38.6 Å². The topological polar surface area (TPSA) is 86.8 Å². The maximum Gasteiger partial charge on any atom is 0.131 e. The van der Waals surface area contributed by atoms with Gasteiger partial charge in [0.1, 0.15) is 18.2 Å². The lowest BCUT2D eigenvalue weighted by atomic mass is 10.2. The number of nitrogens with two attached hydrogens (primary N) is 1. The first kappa shape index (κ1) is 17.7. The largest absolute Gasteiger partial charge is 0.490 e. The van der Waals surface area contributed by atoms with Crippen LogP contribution in [-0.4, -0.2) is 52.6 Å². The van der Waals surface area contributed by atoms with Crippen LogP contribution in [-0.2, 0) is 14.2 Å². The standard InChI is InChI=1S/C14H21ClN2O4/c1-18-4-5-19-6-7-20-8-9-21-13-10-11(15)2-3-12(13)14(16)17/h2-3,10H,4-9H2,1H3,(H3,16,17). The van der Waals surface area contributed by atoms with Gasteiger partial charge in [-0.2, -0.15) is 0 Å². The van der Waals surface area contributed by atoms with E-state index in [1.165, 1.54) is 0 Å². The highest BCUT2D eigenvalue weighted by Crippen LogP contribution is 2.22. The number of hydrogen-bond acceptors (Lipinski definition) is 5. The summed E-state index contributed by atoms with van der Waals surface area (Å²) in [6.07, 6.45) is 0. The minimum atomic E-state index is -0.0610. The van der Waals surface area contributed by atoms with Gasteiger partial charge in [0.2, 0.25) is 0 Å². The third-order valence-corrected chi connectivity index (χ3v) is 2.76. The molecule has 7 heteroatoms. The van der Waals surface area contributed by atoms with Crippen molar-refractivity contribution in [3.63, 3.8) is 0 Å². The zero-order chi connectivity index (χ0) is 15.5. The van der Waals surface area contributed by atoms with E-state index in [4.69, 9.17) is 41.7 Å². The van der Waals surface area contributed by atoms with Crippen LogP contribution in [0.2, 0.25) is 5.02 Å². The molecule has 0 bridgehead atoms. The first-order chi connectivity index (χ1) is 10.1. The van der Waals surface area contributed by atoms with Gasteiger partial charge >= 0.3 is 0 Å². The quantitative estimate of drug-likeness (QED) is 0.368. The molecular formula is C14H21ClN2O4. The third kappa shape index (κ3) is 7.29. The van der Waals surface area contributed by atoms with Crippen molar-refractivity contribution in [2.75, 3.05) is 46.8 Å². The summed E-state index contributed by atoms with van der Waals surface area (Å²) in [5.74, 6) is 0.420. The van der Waals surface area contributed by atoms with Gasteiger partial charge in [-0.1, -0.05) is 11.6 Å². The highest BCUT2D eigenvalue weighted by atomic mass is 35.5. The highest BCUT2D eigenvalue weighted by molar-refractivity contribution is 6.30. The van der Waals surface area contributed by atoms with Crippen LogP contribution < -0.4 is 10.5 Å². The number of halogens is 1. The zero-order valence-electron chi connectivity index (χ0n) is 12.1. The van der Waals surface area contributed by atoms with Crippen molar-refractivity contribution in [2.45, 2.75) is 0 Å². The average Bonchev–Trinajstić information content (AvgIpc) is 2.45. The SMILES string of the molecule is COCCOCCOCCOc1cc(Cl)ccc1C(=N)N. The van der Waals surface area contributed by atoms with Crippen LogP contribution in [0.25, 0.3) is 0 Å². The fraction of sp³-hybridized carbons (Fsp3) is 0.500. The first-order valence-electron chi connectivity index (χ1n) is 6.56. The number of methoxy groups -OCH3 is 1. The van der Waals surface area contributed by atoms with Crippen LogP contribution in [0, 0.1) is 5.41 Å². The number of benzene rings is 1. The van der Waals surface area contributed by atoms with Crippen LogP contribution >= 0.6 is 11.6 Å². The van der Waals surface area contributed by atoms with Crippen LogP contribution in [0.5, 0.6) is 5.75 Å². The number of amidine groups is 1. The molecule has 1 rings (SSSR count). The van der Waals surface area contributed by atoms with Crippen LogP contribution in [0.3, 0.4) is 0 Å². The fourth-order valence-electron chi connectivity index (χ4n) is 1.51. The Hall–Kier alpha value is -1.34. The molecule has 0 aliphatic heterocycles. The minimum Gasteiger partial charge on any atom is -0.490 e. The lowest BCUT2D eigenvalue weighted by molar-refractivity contribution is 0.0179. The number of rotatable bonds is 11. The van der Waals surface area contributed by atoms with Crippen molar-refractivity contribution in [3.05, 3.63) is 28.8 Å². The van der Waals surface area contributed by atoms with Gasteiger partial charge in [-0.3, -0.25) is 5.41 Å². The normalized spacial score (nSPS) is 10.6. The Morgan fingerprint density at radius 2 is 1.71 bits per heavy atom. The van der Waals surface area contributed by atoms with E-state index in [1.54, 1.807) is 25.3 Å². The molecular weight excluding hydrogens is 296 g/mol. The number of ether oxygens (including phenoxy) is 4. The van der Waals surface area contributed by atoms with E-state index in [0.29, 0.717) is 56.0 Å². The molecule has 0 unspecified atom stereocenters. The number of hydrogen-bond donors (Lipinski definition) is 2. The van der Waals surface area contributed by atoms with Gasteiger partial charge < -0.3 is 24.7 Å². The Bertz CT molecular complexity index is 443. The lowest BCUT2D eigenvalue weighted by Crippen LogP contribution is -2.15. The van der Waals surface area contributed by atoms with E-state index < -0.39 is 0 Å². The van der Waals surface area contributed by atoms with Gasteiger partial charge in [0, 0.05) is 12.1 Å². The Morgan fingerprint density at radius 1 is 1.10 bits per heavy atom. The maximum atomic E-state index is 7.47. The van der Waals surface area contributed by atoms with E-state index in [-0.39, 0.29) is 5.84 Å². The summed E-state index contributed by atoms with van der Waals surface area (Å²) in [6.45, 7) is 2.89. The molecule has 0 aliphatic rings. The van der Waals surface area contributed by atoms with Crippen molar-refractivity contribution in [3.8, 4) is 5.75 Å². The van der Waals surface area contributed by atoms with Crippen LogP contribution in [0.15, 0.2) is 18.2 Å². The Labute approximate surface area is 129 Å². The van der Waals surface area contributed by atoms with E-state index in [2.05, 4.69) is 0 Å². The van der Waals surface area contributed by atoms with E-state index in [9.17, 15) is 0 Å². The molecule has 3 N–H and O–H groups in total. The van der Waals surface area contributed by atoms with Crippen molar-refractivity contribution >= 4 is 17.4 Å². The second-order valence-electron chi connectivity index (χ2n) is 4.12. The summed E-state index contributed by atoms with van der Waals surface area (Å²) in [6, 6.07) is 4.95. The third-order valence-electron chi connectivity index (χ3n) is 2.52. The summed E-state index contributed by atoms with van der Waals surface area (Å²) in [4.78, 5) is 0. The van der Waals surface area contributed by atoms with Crippen molar-refractivity contribution in [2.24, 2.45) is 5.73 Å². The predicted octanol–water partition coefficient (Wildman–Crippen LogP) is 1.68. The molecule has 0 fully saturated rings. The second-order valence-corrected chi connectivity index (χ2v) is 4.56. The van der Waals surface area contributed by atoms with Crippen molar-refractivity contribution in [1.29, 1.82) is 5.41 Å². The molecule has 0 saturated heterocycles. The number of nitrogens with one attached hydrogen (secondary N) is 1. The molecule has 0 atom stereocenters. The molecule has 1 aromatic rings. The lowest BCUT2D eigenvalue weighted by Gasteiger charge is -2.11. The highest BCUT2D eigenvalue weighted by Gasteiger charge is 2.07. The first-order valence-corrected chi connectivity index (χ1v) is 6.94. The molecule has 21 heavy (non-hydrogen) atoms. The van der Waals surface area contributed by atoms with Crippen LogP contribution in [0.4, 0.5) is 0 Å². The Kier molecular flexibility index (Phi) is 8.77. The summed E-state index contributed by atoms with van der Waals surface area (Å²) >= 11 is 5.90. The average molecular weight is 317 g/mol. The Balaban J connectivity index is 2.21. The molecule has 0 aromatic heterocycles. The summed E-state index contributed by atoms with van der Waals surface area (Å²) < 4.78 is 21.0. The molecule has 118 valence electrons. The maximum absolute atomic E-state index is 7.47. The van der Waals surface area contributed by atoms with Gasteiger partial charge in [-0.15, -0.1) is 0 Å². The summed E-state index contributed by atoms with van der Waals surface area (Å²) in [5.41, 5.74) is 5.99. The molecule has 6 nitrogen and oxygen atoms in total. The minimum absolute atomic E-state index is 0.0610. The van der Waals surface area contributed by atoms with Crippen molar-refractivity contribution in [1.82, 2.24) is 0 Å². The van der Waals surface area contributed by atoms with E-state index in [0.717, 1.165) is 0 Å². The van der Waals surface area contributed by atoms with Crippen molar-refractivity contribution < 1.29 is 18.9 Å². The predicted molar refractivity (Wildman–Crippen MR) is 81.5 cm³/mol. The molecule has 1 aromatic carbocycles. The fourth-order valence-corrected chi connectivity index (χ4v) is 1.67. The van der Waals surface area contributed by atoms with Crippen LogP contribution in [0.1, 0.15) is 5.56 Å². The molecule has 0 amide bonds. The molecule has 0 heterocycles. The van der Waals surface area contributed by atoms with Gasteiger partial charge in [-0.25, -0.2) is 0 Å². The summed E-state index contributed by atoms with van der Waals surface area (Å²) in [7, 11) is 1.63. The van der Waals surface area contributed by atoms with Gasteiger partial charge in [0.15, 0.2) is 0 Å². The number of nitrogen functional groups attached to an aromatic ring is 1. The summed E-state index contributed by atoms with van der Waals surface area (Å²) in [5, 5.41) is 8.00. The smallest absolute Gasteiger partial charge is 0.131 e. The Morgan fingerprint density at radius 3 is 2.33 bits per heavy atom. The van der Waals surface area contributed by atoms with Gasteiger partial charge in [0.25, 0.3) is 0 Å².